The number of anilines is 1. The molecular formula is C13H14FNO4S. The van der Waals surface area contributed by atoms with Crippen molar-refractivity contribution in [1.29, 1.82) is 0 Å². The van der Waals surface area contributed by atoms with Crippen molar-refractivity contribution in [3.63, 3.8) is 0 Å². The molecule has 1 unspecified atom stereocenters. The van der Waals surface area contributed by atoms with Crippen LogP contribution in [0.3, 0.4) is 0 Å². The third-order valence-corrected chi connectivity index (χ3v) is 4.87. The quantitative estimate of drug-likeness (QED) is 0.892. The first-order valence-electron chi connectivity index (χ1n) is 6.11. The van der Waals surface area contributed by atoms with Crippen molar-refractivity contribution in [2.75, 3.05) is 4.72 Å². The van der Waals surface area contributed by atoms with Gasteiger partial charge in [0.25, 0.3) is 0 Å². The van der Waals surface area contributed by atoms with Crippen LogP contribution >= 0.6 is 0 Å². The smallest absolute Gasteiger partial charge is 0.332 e. The van der Waals surface area contributed by atoms with Gasteiger partial charge in [-0.2, -0.15) is 0 Å². The molecule has 0 amide bonds. The van der Waals surface area contributed by atoms with Crippen molar-refractivity contribution < 1.29 is 22.7 Å². The number of allylic oxidation sites excluding steroid dienone is 1. The molecule has 1 atom stereocenters. The lowest BCUT2D eigenvalue weighted by molar-refractivity contribution is -0.132. The standard InChI is InChI=1S/C13H14FNO4S/c14-10-6-2-3-7-11(10)15-20(18,19)12-8-4-1-5-9(12)13(16)17/h2-3,5-7,12,15H,1,4,8H2,(H,16,17). The van der Waals surface area contributed by atoms with Crippen molar-refractivity contribution in [3.8, 4) is 0 Å². The molecule has 0 spiro atoms. The summed E-state index contributed by atoms with van der Waals surface area (Å²) in [6.45, 7) is 0. The summed E-state index contributed by atoms with van der Waals surface area (Å²) in [7, 11) is -3.99. The van der Waals surface area contributed by atoms with Crippen LogP contribution in [-0.4, -0.2) is 24.7 Å². The monoisotopic (exact) mass is 299 g/mol. The zero-order valence-corrected chi connectivity index (χ0v) is 11.4. The molecule has 0 saturated carbocycles. The van der Waals surface area contributed by atoms with Crippen LogP contribution in [0.25, 0.3) is 0 Å². The fourth-order valence-corrected chi connectivity index (χ4v) is 3.79. The maximum absolute atomic E-state index is 13.5. The van der Waals surface area contributed by atoms with Gasteiger partial charge < -0.3 is 5.11 Å². The molecule has 20 heavy (non-hydrogen) atoms. The van der Waals surface area contributed by atoms with Gasteiger partial charge in [-0.1, -0.05) is 18.2 Å². The second-order valence-corrected chi connectivity index (χ2v) is 6.37. The largest absolute Gasteiger partial charge is 0.478 e. The molecule has 5 nitrogen and oxygen atoms in total. The van der Waals surface area contributed by atoms with Gasteiger partial charge in [-0.3, -0.25) is 4.72 Å². The van der Waals surface area contributed by atoms with Crippen LogP contribution in [-0.2, 0) is 14.8 Å². The molecule has 7 heteroatoms. The van der Waals surface area contributed by atoms with Gasteiger partial charge in [0.2, 0.25) is 10.0 Å². The fourth-order valence-electron chi connectivity index (χ4n) is 2.16. The Hall–Kier alpha value is -1.89. The highest BCUT2D eigenvalue weighted by Gasteiger charge is 2.34. The summed E-state index contributed by atoms with van der Waals surface area (Å²) < 4.78 is 40.1. The topological polar surface area (TPSA) is 83.5 Å². The highest BCUT2D eigenvalue weighted by molar-refractivity contribution is 7.93. The third kappa shape index (κ3) is 2.98. The molecule has 0 heterocycles. The maximum atomic E-state index is 13.5. The summed E-state index contributed by atoms with van der Waals surface area (Å²) in [6, 6.07) is 5.36. The van der Waals surface area contributed by atoms with Gasteiger partial charge in [-0.15, -0.1) is 0 Å². The molecule has 1 aliphatic carbocycles. The van der Waals surface area contributed by atoms with Crippen LogP contribution < -0.4 is 4.72 Å². The SMILES string of the molecule is O=C(O)C1=CCCCC1S(=O)(=O)Nc1ccccc1F. The van der Waals surface area contributed by atoms with Crippen LogP contribution in [0.2, 0.25) is 0 Å². The van der Waals surface area contributed by atoms with Crippen LogP contribution in [0.5, 0.6) is 0 Å². The average Bonchev–Trinajstić information content (AvgIpc) is 2.41. The van der Waals surface area contributed by atoms with E-state index in [1.807, 2.05) is 0 Å². The normalized spacial score (nSPS) is 19.2. The minimum Gasteiger partial charge on any atom is -0.478 e. The minimum atomic E-state index is -3.99. The Morgan fingerprint density at radius 2 is 2.05 bits per heavy atom. The molecular weight excluding hydrogens is 285 g/mol. The number of halogens is 1. The Balaban J connectivity index is 2.31. The molecule has 0 aliphatic heterocycles. The molecule has 1 aromatic rings. The van der Waals surface area contributed by atoms with E-state index >= 15 is 0 Å². The number of sulfonamides is 1. The number of carboxylic acids is 1. The van der Waals surface area contributed by atoms with E-state index in [0.29, 0.717) is 12.8 Å². The molecule has 1 aliphatic rings. The van der Waals surface area contributed by atoms with Gasteiger partial charge in [0.05, 0.1) is 11.3 Å². The Kier molecular flexibility index (Phi) is 4.08. The first kappa shape index (κ1) is 14.5. The van der Waals surface area contributed by atoms with E-state index in [1.165, 1.54) is 24.3 Å². The number of carboxylic acid groups (broad SMARTS) is 1. The number of hydrogen-bond acceptors (Lipinski definition) is 3. The van der Waals surface area contributed by atoms with Crippen molar-refractivity contribution in [2.24, 2.45) is 0 Å². The third-order valence-electron chi connectivity index (χ3n) is 3.13. The lowest BCUT2D eigenvalue weighted by atomic mass is 9.99. The number of carbonyl (C=O) groups is 1. The second kappa shape index (κ2) is 5.62. The Morgan fingerprint density at radius 1 is 1.35 bits per heavy atom. The zero-order valence-electron chi connectivity index (χ0n) is 10.5. The van der Waals surface area contributed by atoms with Crippen LogP contribution in [0.1, 0.15) is 19.3 Å². The lowest BCUT2D eigenvalue weighted by Crippen LogP contribution is -2.34. The number of rotatable bonds is 4. The van der Waals surface area contributed by atoms with E-state index in [9.17, 15) is 17.6 Å². The first-order valence-corrected chi connectivity index (χ1v) is 7.66. The Bertz CT molecular complexity index is 654. The zero-order chi connectivity index (χ0) is 14.8. The molecule has 0 fully saturated rings. The van der Waals surface area contributed by atoms with Gasteiger partial charge in [0.15, 0.2) is 0 Å². The molecule has 2 rings (SSSR count). The molecule has 0 saturated heterocycles. The van der Waals surface area contributed by atoms with Gasteiger partial charge in [-0.05, 0) is 31.4 Å². The summed E-state index contributed by atoms with van der Waals surface area (Å²) in [5.41, 5.74) is -0.331. The molecule has 0 radical (unpaired) electrons. The van der Waals surface area contributed by atoms with Crippen molar-refractivity contribution in [2.45, 2.75) is 24.5 Å². The number of para-hydroxylation sites is 1. The Morgan fingerprint density at radius 3 is 2.70 bits per heavy atom. The lowest BCUT2D eigenvalue weighted by Gasteiger charge is -2.22. The summed E-state index contributed by atoms with van der Waals surface area (Å²) in [4.78, 5) is 11.1. The summed E-state index contributed by atoms with van der Waals surface area (Å²) >= 11 is 0. The predicted octanol–water partition coefficient (Wildman–Crippen LogP) is 2.13. The number of benzene rings is 1. The second-order valence-electron chi connectivity index (χ2n) is 4.51. The van der Waals surface area contributed by atoms with E-state index in [2.05, 4.69) is 4.72 Å². The van der Waals surface area contributed by atoms with Crippen molar-refractivity contribution in [1.82, 2.24) is 0 Å². The molecule has 0 aromatic heterocycles. The van der Waals surface area contributed by atoms with Gasteiger partial charge >= 0.3 is 5.97 Å². The predicted molar refractivity (Wildman–Crippen MR) is 72.3 cm³/mol. The fraction of sp³-hybridized carbons (Fsp3) is 0.308. The minimum absolute atomic E-state index is 0.153. The van der Waals surface area contributed by atoms with Gasteiger partial charge in [0.1, 0.15) is 11.1 Å². The molecule has 1 aromatic carbocycles. The van der Waals surface area contributed by atoms with E-state index in [0.717, 1.165) is 6.07 Å². The summed E-state index contributed by atoms with van der Waals surface area (Å²) in [5, 5.41) is 7.90. The van der Waals surface area contributed by atoms with Crippen LogP contribution in [0, 0.1) is 5.82 Å². The maximum Gasteiger partial charge on any atom is 0.332 e. The van der Waals surface area contributed by atoms with Gasteiger partial charge in [-0.25, -0.2) is 17.6 Å². The van der Waals surface area contributed by atoms with E-state index in [-0.39, 0.29) is 17.7 Å². The molecule has 2 N–H and O–H groups in total. The highest BCUT2D eigenvalue weighted by Crippen LogP contribution is 2.27. The van der Waals surface area contributed by atoms with Gasteiger partial charge in [0, 0.05) is 0 Å². The van der Waals surface area contributed by atoms with E-state index in [4.69, 9.17) is 5.11 Å². The molecule has 0 bridgehead atoms. The number of nitrogens with one attached hydrogen (secondary N) is 1. The van der Waals surface area contributed by atoms with Crippen LogP contribution in [0.4, 0.5) is 10.1 Å². The van der Waals surface area contributed by atoms with E-state index < -0.39 is 27.1 Å². The number of hydrogen-bond donors (Lipinski definition) is 2. The highest BCUT2D eigenvalue weighted by atomic mass is 32.2. The van der Waals surface area contributed by atoms with E-state index in [1.54, 1.807) is 0 Å². The van der Waals surface area contributed by atoms with Crippen LogP contribution in [0.15, 0.2) is 35.9 Å². The van der Waals surface area contributed by atoms with Crippen molar-refractivity contribution in [3.05, 3.63) is 41.7 Å². The number of aliphatic carboxylic acids is 1. The molecule has 108 valence electrons. The van der Waals surface area contributed by atoms with Crippen molar-refractivity contribution >= 4 is 21.7 Å². The summed E-state index contributed by atoms with van der Waals surface area (Å²) in [6.07, 6.45) is 2.74. The average molecular weight is 299 g/mol. The first-order chi connectivity index (χ1) is 9.42. The summed E-state index contributed by atoms with van der Waals surface area (Å²) in [5.74, 6) is -1.96. The Labute approximate surface area is 116 Å².